The van der Waals surface area contributed by atoms with Crippen LogP contribution in [0, 0.1) is 0 Å². The highest BCUT2D eigenvalue weighted by molar-refractivity contribution is 5.13. The zero-order valence-corrected chi connectivity index (χ0v) is 9.01. The molecule has 5 atom stereocenters. The first kappa shape index (κ1) is 12.8. The van der Waals surface area contributed by atoms with Crippen molar-refractivity contribution in [3.63, 3.8) is 0 Å². The van der Waals surface area contributed by atoms with E-state index in [2.05, 4.69) is 0 Å². The van der Waals surface area contributed by atoms with Gasteiger partial charge in [-0.2, -0.15) is 0 Å². The summed E-state index contributed by atoms with van der Waals surface area (Å²) in [4.78, 5) is 0. The van der Waals surface area contributed by atoms with Crippen molar-refractivity contribution >= 4 is 0 Å². The van der Waals surface area contributed by atoms with Crippen LogP contribution in [0.5, 0.6) is 0 Å². The van der Waals surface area contributed by atoms with Gasteiger partial charge in [0.1, 0.15) is 22.9 Å². The van der Waals surface area contributed by atoms with Crippen LogP contribution in [-0.2, 0) is 4.74 Å². The maximum absolute atomic E-state index is 10.1. The second-order valence-corrected chi connectivity index (χ2v) is 4.53. The molecule has 6 nitrogen and oxygen atoms in total. The molecule has 0 saturated carbocycles. The van der Waals surface area contributed by atoms with E-state index in [0.29, 0.717) is 0 Å². The molecule has 0 bridgehead atoms. The fourth-order valence-electron chi connectivity index (χ4n) is 1.71. The summed E-state index contributed by atoms with van der Waals surface area (Å²) in [6, 6.07) is 0. The zero-order valence-electron chi connectivity index (χ0n) is 9.01. The van der Waals surface area contributed by atoms with Gasteiger partial charge in [0, 0.05) is 0 Å². The van der Waals surface area contributed by atoms with Gasteiger partial charge in [0.25, 0.3) is 0 Å². The molecular formula is C9H18O6. The molecule has 0 aromatic carbocycles. The lowest BCUT2D eigenvalue weighted by Crippen LogP contribution is -2.77. The van der Waals surface area contributed by atoms with Gasteiger partial charge in [-0.3, -0.25) is 0 Å². The van der Waals surface area contributed by atoms with Gasteiger partial charge in [0.2, 0.25) is 0 Å². The first-order chi connectivity index (χ1) is 6.59. The van der Waals surface area contributed by atoms with Crippen molar-refractivity contribution in [3.8, 4) is 0 Å². The Labute approximate surface area is 87.7 Å². The van der Waals surface area contributed by atoms with Crippen molar-refractivity contribution in [2.75, 3.05) is 6.61 Å². The Morgan fingerprint density at radius 3 is 1.93 bits per heavy atom. The fourth-order valence-corrected chi connectivity index (χ4v) is 1.71. The van der Waals surface area contributed by atoms with Crippen LogP contribution in [0.1, 0.15) is 20.8 Å². The lowest BCUT2D eigenvalue weighted by atomic mass is 9.68. The van der Waals surface area contributed by atoms with Crippen molar-refractivity contribution in [3.05, 3.63) is 0 Å². The van der Waals surface area contributed by atoms with E-state index < -0.39 is 35.8 Å². The standard InChI is InChI=1S/C9H18O6/c1-7(12)5(4-10)15-6(11)8(2,13)9(7,3)14/h5-6,10-14H,4H2,1-3H3/t5?,6-,7-,8?,9?/m0/s1. The molecule has 0 spiro atoms. The molecule has 15 heavy (non-hydrogen) atoms. The minimum atomic E-state index is -2.03. The van der Waals surface area contributed by atoms with Gasteiger partial charge in [-0.1, -0.05) is 0 Å². The Kier molecular flexibility index (Phi) is 2.89. The highest BCUT2D eigenvalue weighted by Gasteiger charge is 2.65. The smallest absolute Gasteiger partial charge is 0.187 e. The number of hydrogen-bond acceptors (Lipinski definition) is 6. The second kappa shape index (κ2) is 3.38. The Morgan fingerprint density at radius 2 is 1.53 bits per heavy atom. The molecule has 1 saturated heterocycles. The highest BCUT2D eigenvalue weighted by Crippen LogP contribution is 2.43. The molecule has 6 heteroatoms. The van der Waals surface area contributed by atoms with Crippen LogP contribution in [-0.4, -0.2) is 61.3 Å². The Morgan fingerprint density at radius 1 is 1.07 bits per heavy atom. The lowest BCUT2D eigenvalue weighted by molar-refractivity contribution is -0.382. The number of rotatable bonds is 1. The summed E-state index contributed by atoms with van der Waals surface area (Å²) < 4.78 is 4.85. The summed E-state index contributed by atoms with van der Waals surface area (Å²) in [6.07, 6.45) is -2.84. The quantitative estimate of drug-likeness (QED) is 0.349. The van der Waals surface area contributed by atoms with Crippen LogP contribution in [0.3, 0.4) is 0 Å². The molecule has 3 unspecified atom stereocenters. The van der Waals surface area contributed by atoms with Gasteiger partial charge in [-0.05, 0) is 20.8 Å². The van der Waals surface area contributed by atoms with Crippen LogP contribution in [0.4, 0.5) is 0 Å². The second-order valence-electron chi connectivity index (χ2n) is 4.53. The molecule has 1 aliphatic rings. The van der Waals surface area contributed by atoms with Crippen molar-refractivity contribution in [2.45, 2.75) is 50.0 Å². The van der Waals surface area contributed by atoms with Crippen LogP contribution in [0.2, 0.25) is 0 Å². The fraction of sp³-hybridized carbons (Fsp3) is 1.00. The van der Waals surface area contributed by atoms with E-state index in [1.54, 1.807) is 0 Å². The van der Waals surface area contributed by atoms with Crippen molar-refractivity contribution in [2.24, 2.45) is 0 Å². The van der Waals surface area contributed by atoms with Gasteiger partial charge in [0.05, 0.1) is 6.61 Å². The molecule has 1 heterocycles. The van der Waals surface area contributed by atoms with E-state index >= 15 is 0 Å². The summed E-state index contributed by atoms with van der Waals surface area (Å²) in [5.41, 5.74) is -5.91. The molecule has 0 amide bonds. The Hall–Kier alpha value is -0.240. The SMILES string of the molecule is CC1(O)[C@@H](O)OC(CO)[C@](C)(O)C1(C)O. The molecule has 1 fully saturated rings. The maximum atomic E-state index is 10.1. The molecule has 1 aliphatic heterocycles. The van der Waals surface area contributed by atoms with E-state index in [4.69, 9.17) is 9.84 Å². The summed E-state index contributed by atoms with van der Waals surface area (Å²) in [5, 5.41) is 48.3. The van der Waals surface area contributed by atoms with Crippen molar-refractivity contribution in [1.82, 2.24) is 0 Å². The molecule has 0 radical (unpaired) electrons. The van der Waals surface area contributed by atoms with Crippen LogP contribution in [0.15, 0.2) is 0 Å². The third-order valence-electron chi connectivity index (χ3n) is 3.54. The maximum Gasteiger partial charge on any atom is 0.187 e. The minimum Gasteiger partial charge on any atom is -0.394 e. The molecule has 0 aliphatic carbocycles. The van der Waals surface area contributed by atoms with E-state index in [9.17, 15) is 20.4 Å². The Bertz CT molecular complexity index is 247. The lowest BCUT2D eigenvalue weighted by Gasteiger charge is -2.56. The molecular weight excluding hydrogens is 204 g/mol. The third kappa shape index (κ3) is 1.49. The monoisotopic (exact) mass is 222 g/mol. The van der Waals surface area contributed by atoms with Gasteiger partial charge in [-0.15, -0.1) is 0 Å². The molecule has 1 rings (SSSR count). The van der Waals surface area contributed by atoms with E-state index in [1.165, 1.54) is 13.8 Å². The van der Waals surface area contributed by atoms with Crippen LogP contribution >= 0.6 is 0 Å². The number of ether oxygens (including phenoxy) is 1. The highest BCUT2D eigenvalue weighted by atomic mass is 16.6. The number of aliphatic hydroxyl groups is 5. The predicted octanol–water partition coefficient (Wildman–Crippen LogP) is -2.05. The normalized spacial score (nSPS) is 56.8. The first-order valence-electron chi connectivity index (χ1n) is 4.70. The van der Waals surface area contributed by atoms with Crippen molar-refractivity contribution in [1.29, 1.82) is 0 Å². The molecule has 5 N–H and O–H groups in total. The zero-order chi connectivity index (χ0) is 12.1. The number of hydrogen-bond donors (Lipinski definition) is 5. The third-order valence-corrected chi connectivity index (χ3v) is 3.54. The Balaban J connectivity index is 3.16. The van der Waals surface area contributed by atoms with Crippen LogP contribution in [0.25, 0.3) is 0 Å². The van der Waals surface area contributed by atoms with Gasteiger partial charge >= 0.3 is 0 Å². The van der Waals surface area contributed by atoms with Crippen molar-refractivity contribution < 1.29 is 30.3 Å². The molecule has 0 aromatic heterocycles. The average Bonchev–Trinajstić information content (AvgIpc) is 2.10. The average molecular weight is 222 g/mol. The van der Waals surface area contributed by atoms with Gasteiger partial charge in [0.15, 0.2) is 6.29 Å². The summed E-state index contributed by atoms with van der Waals surface area (Å²) >= 11 is 0. The first-order valence-corrected chi connectivity index (χ1v) is 4.70. The van der Waals surface area contributed by atoms with E-state index in [0.717, 1.165) is 6.92 Å². The topological polar surface area (TPSA) is 110 Å². The summed E-state index contributed by atoms with van der Waals surface area (Å²) in [7, 11) is 0. The molecule has 0 aromatic rings. The number of aliphatic hydroxyl groups excluding tert-OH is 2. The van der Waals surface area contributed by atoms with E-state index in [1.807, 2.05) is 0 Å². The van der Waals surface area contributed by atoms with Gasteiger partial charge < -0.3 is 30.3 Å². The van der Waals surface area contributed by atoms with E-state index in [-0.39, 0.29) is 0 Å². The van der Waals surface area contributed by atoms with Crippen LogP contribution < -0.4 is 0 Å². The summed E-state index contributed by atoms with van der Waals surface area (Å²) in [6.45, 7) is 2.99. The van der Waals surface area contributed by atoms with Gasteiger partial charge in [-0.25, -0.2) is 0 Å². The largest absolute Gasteiger partial charge is 0.394 e. The minimum absolute atomic E-state index is 0.573. The molecule has 90 valence electrons. The predicted molar refractivity (Wildman–Crippen MR) is 49.8 cm³/mol. The summed E-state index contributed by atoms with van der Waals surface area (Å²) in [5.74, 6) is 0.